The normalized spacial score (nSPS) is 21.0. The van der Waals surface area contributed by atoms with Gasteiger partial charge in [-0.1, -0.05) is 0 Å². The van der Waals surface area contributed by atoms with Crippen LogP contribution < -0.4 is 15.1 Å². The molecule has 3 rings (SSSR count). The lowest BCUT2D eigenvalue weighted by Gasteiger charge is -2.22. The SMILES string of the molecule is COCC(=O)NCC1CCN(c2ccc(N3CC(N(C)C(C)=O)OC3=O)cc2F)C1. The van der Waals surface area contributed by atoms with E-state index in [0.717, 1.165) is 6.42 Å². The first-order chi connectivity index (χ1) is 14.3. The molecule has 30 heavy (non-hydrogen) atoms. The number of halogens is 1. The fourth-order valence-corrected chi connectivity index (χ4v) is 3.64. The van der Waals surface area contributed by atoms with Crippen LogP contribution in [0.4, 0.5) is 20.6 Å². The Morgan fingerprint density at radius 2 is 2.13 bits per heavy atom. The number of nitrogens with one attached hydrogen (secondary N) is 1. The largest absolute Gasteiger partial charge is 0.423 e. The highest BCUT2D eigenvalue weighted by Crippen LogP contribution is 2.31. The molecule has 0 saturated carbocycles. The number of cyclic esters (lactones) is 1. The van der Waals surface area contributed by atoms with Crippen molar-refractivity contribution >= 4 is 29.3 Å². The molecule has 2 saturated heterocycles. The van der Waals surface area contributed by atoms with Crippen LogP contribution in [0.25, 0.3) is 0 Å². The maximum Gasteiger partial charge on any atom is 0.416 e. The quantitative estimate of drug-likeness (QED) is 0.710. The van der Waals surface area contributed by atoms with E-state index in [0.29, 0.717) is 31.0 Å². The number of benzene rings is 1. The zero-order valence-corrected chi connectivity index (χ0v) is 17.4. The molecular weight excluding hydrogens is 395 g/mol. The minimum absolute atomic E-state index is 0.0223. The van der Waals surface area contributed by atoms with Crippen molar-refractivity contribution in [2.24, 2.45) is 5.92 Å². The lowest BCUT2D eigenvalue weighted by Crippen LogP contribution is -2.38. The smallest absolute Gasteiger partial charge is 0.416 e. The molecule has 1 N–H and O–H groups in total. The summed E-state index contributed by atoms with van der Waals surface area (Å²) in [6.07, 6.45) is -0.481. The molecule has 0 aliphatic carbocycles. The summed E-state index contributed by atoms with van der Waals surface area (Å²) in [4.78, 5) is 39.8. The van der Waals surface area contributed by atoms with E-state index in [2.05, 4.69) is 5.32 Å². The number of rotatable bonds is 7. The number of ether oxygens (including phenoxy) is 2. The second kappa shape index (κ2) is 9.29. The third kappa shape index (κ3) is 4.81. The molecule has 3 amide bonds. The number of methoxy groups -OCH3 is 1. The number of carbonyl (C=O) groups excluding carboxylic acids is 3. The van der Waals surface area contributed by atoms with Crippen molar-refractivity contribution in [1.82, 2.24) is 10.2 Å². The number of likely N-dealkylation sites (N-methyl/N-ethyl adjacent to an activating group) is 1. The van der Waals surface area contributed by atoms with Gasteiger partial charge >= 0.3 is 6.09 Å². The Labute approximate surface area is 174 Å². The molecule has 2 atom stereocenters. The summed E-state index contributed by atoms with van der Waals surface area (Å²) >= 11 is 0. The molecule has 1 aromatic carbocycles. The predicted octanol–water partition coefficient (Wildman–Crippen LogP) is 1.18. The molecule has 0 radical (unpaired) electrons. The van der Waals surface area contributed by atoms with Gasteiger partial charge in [0.25, 0.3) is 0 Å². The standard InChI is InChI=1S/C20H27FN4O5/c1-13(26)23(2)19-11-25(20(28)30-19)15-4-5-17(16(21)8-15)24-7-6-14(10-24)9-22-18(27)12-29-3/h4-5,8,14,19H,6-7,9-12H2,1-3H3,(H,22,27). The maximum atomic E-state index is 14.8. The zero-order valence-electron chi connectivity index (χ0n) is 17.4. The van der Waals surface area contributed by atoms with E-state index >= 15 is 0 Å². The monoisotopic (exact) mass is 422 g/mol. The van der Waals surface area contributed by atoms with Gasteiger partial charge < -0.3 is 24.6 Å². The molecule has 9 nitrogen and oxygen atoms in total. The highest BCUT2D eigenvalue weighted by Gasteiger charge is 2.36. The Hall–Kier alpha value is -2.88. The Morgan fingerprint density at radius 3 is 2.80 bits per heavy atom. The number of amides is 3. The number of anilines is 2. The van der Waals surface area contributed by atoms with Gasteiger partial charge in [0.2, 0.25) is 11.8 Å². The van der Waals surface area contributed by atoms with Crippen LogP contribution in [0, 0.1) is 11.7 Å². The fraction of sp³-hybridized carbons (Fsp3) is 0.550. The summed E-state index contributed by atoms with van der Waals surface area (Å²) in [7, 11) is 3.02. The average molecular weight is 422 g/mol. The van der Waals surface area contributed by atoms with E-state index in [1.807, 2.05) is 4.90 Å². The number of hydrogen-bond donors (Lipinski definition) is 1. The van der Waals surface area contributed by atoms with E-state index in [9.17, 15) is 18.8 Å². The average Bonchev–Trinajstić information content (AvgIpc) is 3.32. The van der Waals surface area contributed by atoms with Gasteiger partial charge in [-0.05, 0) is 30.5 Å². The minimum atomic E-state index is -0.703. The summed E-state index contributed by atoms with van der Waals surface area (Å²) in [5, 5.41) is 2.81. The van der Waals surface area contributed by atoms with Crippen LogP contribution in [-0.2, 0) is 19.1 Å². The Kier molecular flexibility index (Phi) is 6.76. The van der Waals surface area contributed by atoms with E-state index < -0.39 is 18.1 Å². The van der Waals surface area contributed by atoms with Crippen molar-refractivity contribution in [3.63, 3.8) is 0 Å². The van der Waals surface area contributed by atoms with Crippen LogP contribution >= 0.6 is 0 Å². The zero-order chi connectivity index (χ0) is 21.8. The van der Waals surface area contributed by atoms with Gasteiger partial charge in [-0.3, -0.25) is 14.5 Å². The molecular formula is C20H27FN4O5. The van der Waals surface area contributed by atoms with Gasteiger partial charge in [0.1, 0.15) is 12.4 Å². The topological polar surface area (TPSA) is 91.4 Å². The Bertz CT molecular complexity index is 820. The van der Waals surface area contributed by atoms with Gasteiger partial charge in [0.05, 0.1) is 17.9 Å². The van der Waals surface area contributed by atoms with Gasteiger partial charge in [-0.15, -0.1) is 0 Å². The fourth-order valence-electron chi connectivity index (χ4n) is 3.64. The van der Waals surface area contributed by atoms with Crippen LogP contribution in [0.1, 0.15) is 13.3 Å². The summed E-state index contributed by atoms with van der Waals surface area (Å²) in [5.41, 5.74) is 0.831. The molecule has 2 aliphatic rings. The summed E-state index contributed by atoms with van der Waals surface area (Å²) in [6, 6.07) is 4.62. The number of carbonyl (C=O) groups is 3. The number of nitrogens with zero attached hydrogens (tertiary/aromatic N) is 3. The molecule has 1 aromatic rings. The number of hydrogen-bond acceptors (Lipinski definition) is 6. The first kappa shape index (κ1) is 21.8. The van der Waals surface area contributed by atoms with Crippen molar-refractivity contribution in [3.8, 4) is 0 Å². The molecule has 0 spiro atoms. The summed E-state index contributed by atoms with van der Waals surface area (Å²) in [5.74, 6) is -0.607. The predicted molar refractivity (Wildman–Crippen MR) is 108 cm³/mol. The summed E-state index contributed by atoms with van der Waals surface area (Å²) in [6.45, 7) is 3.37. The second-order valence-electron chi connectivity index (χ2n) is 7.55. The molecule has 0 bridgehead atoms. The van der Waals surface area contributed by atoms with E-state index in [1.54, 1.807) is 19.2 Å². The molecule has 164 valence electrons. The minimum Gasteiger partial charge on any atom is -0.423 e. The molecule has 2 heterocycles. The molecule has 10 heteroatoms. The molecule has 2 unspecified atom stereocenters. The van der Waals surface area contributed by atoms with E-state index in [1.165, 1.54) is 29.9 Å². The van der Waals surface area contributed by atoms with Crippen LogP contribution in [0.5, 0.6) is 0 Å². The molecule has 2 fully saturated rings. The van der Waals surface area contributed by atoms with Gasteiger partial charge in [0, 0.05) is 40.7 Å². The Morgan fingerprint density at radius 1 is 1.37 bits per heavy atom. The van der Waals surface area contributed by atoms with Crippen molar-refractivity contribution in [3.05, 3.63) is 24.0 Å². The van der Waals surface area contributed by atoms with Gasteiger partial charge in [-0.2, -0.15) is 0 Å². The van der Waals surface area contributed by atoms with Crippen LogP contribution in [0.3, 0.4) is 0 Å². The highest BCUT2D eigenvalue weighted by atomic mass is 19.1. The lowest BCUT2D eigenvalue weighted by atomic mass is 10.1. The van der Waals surface area contributed by atoms with Crippen LogP contribution in [-0.4, -0.2) is 76.0 Å². The van der Waals surface area contributed by atoms with Crippen molar-refractivity contribution in [2.75, 3.05) is 56.7 Å². The van der Waals surface area contributed by atoms with E-state index in [-0.39, 0.29) is 30.9 Å². The van der Waals surface area contributed by atoms with Crippen molar-refractivity contribution in [1.29, 1.82) is 0 Å². The van der Waals surface area contributed by atoms with Crippen molar-refractivity contribution < 1.29 is 28.2 Å². The molecule has 0 aromatic heterocycles. The van der Waals surface area contributed by atoms with Gasteiger partial charge in [-0.25, -0.2) is 9.18 Å². The van der Waals surface area contributed by atoms with Crippen molar-refractivity contribution in [2.45, 2.75) is 19.6 Å². The second-order valence-corrected chi connectivity index (χ2v) is 7.55. The third-order valence-electron chi connectivity index (χ3n) is 5.46. The summed E-state index contributed by atoms with van der Waals surface area (Å²) < 4.78 is 24.8. The first-order valence-corrected chi connectivity index (χ1v) is 9.81. The molecule has 2 aliphatic heterocycles. The van der Waals surface area contributed by atoms with Crippen LogP contribution in [0.2, 0.25) is 0 Å². The van der Waals surface area contributed by atoms with E-state index in [4.69, 9.17) is 9.47 Å². The maximum absolute atomic E-state index is 14.8. The first-order valence-electron chi connectivity index (χ1n) is 9.81. The van der Waals surface area contributed by atoms with Gasteiger partial charge in [0.15, 0.2) is 6.23 Å². The highest BCUT2D eigenvalue weighted by molar-refractivity contribution is 5.90. The van der Waals surface area contributed by atoms with Crippen LogP contribution in [0.15, 0.2) is 18.2 Å². The third-order valence-corrected chi connectivity index (χ3v) is 5.46. The Balaban J connectivity index is 1.61. The lowest BCUT2D eigenvalue weighted by molar-refractivity contribution is -0.134.